The number of para-hydroxylation sites is 1. The zero-order valence-electron chi connectivity index (χ0n) is 11.0. The van der Waals surface area contributed by atoms with Gasteiger partial charge in [-0.3, -0.25) is 0 Å². The Hall–Kier alpha value is -1.57. The minimum absolute atomic E-state index is 0.333. The van der Waals surface area contributed by atoms with Crippen LogP contribution in [0.1, 0.15) is 24.8 Å². The molecule has 1 aromatic carbocycles. The maximum atomic E-state index is 8.92. The molecule has 4 heteroatoms. The summed E-state index contributed by atoms with van der Waals surface area (Å²) in [4.78, 5) is 0. The SMILES string of the molecule is N#Cc1ccccc1OCCCOC1CCOCC1. The molecule has 0 atom stereocenters. The molecule has 4 nitrogen and oxygen atoms in total. The lowest BCUT2D eigenvalue weighted by Gasteiger charge is -2.22. The highest BCUT2D eigenvalue weighted by Gasteiger charge is 2.13. The van der Waals surface area contributed by atoms with Gasteiger partial charge >= 0.3 is 0 Å². The zero-order chi connectivity index (χ0) is 13.3. The van der Waals surface area contributed by atoms with Crippen molar-refractivity contribution < 1.29 is 14.2 Å². The Labute approximate surface area is 113 Å². The topological polar surface area (TPSA) is 51.5 Å². The van der Waals surface area contributed by atoms with Gasteiger partial charge in [-0.25, -0.2) is 0 Å². The van der Waals surface area contributed by atoms with Crippen molar-refractivity contribution in [3.05, 3.63) is 29.8 Å². The first kappa shape index (κ1) is 13.9. The fourth-order valence-corrected chi connectivity index (χ4v) is 2.02. The van der Waals surface area contributed by atoms with Crippen LogP contribution in [0, 0.1) is 11.3 Å². The second-order valence-electron chi connectivity index (χ2n) is 4.49. The van der Waals surface area contributed by atoms with Crippen LogP contribution in [0.4, 0.5) is 0 Å². The summed E-state index contributed by atoms with van der Waals surface area (Å²) in [6, 6.07) is 9.40. The minimum atomic E-state index is 0.333. The summed E-state index contributed by atoms with van der Waals surface area (Å²) in [7, 11) is 0. The lowest BCUT2D eigenvalue weighted by molar-refractivity contribution is -0.0341. The fourth-order valence-electron chi connectivity index (χ4n) is 2.02. The van der Waals surface area contributed by atoms with E-state index in [0.717, 1.165) is 32.5 Å². The highest BCUT2D eigenvalue weighted by Crippen LogP contribution is 2.16. The number of benzene rings is 1. The van der Waals surface area contributed by atoms with Gasteiger partial charge in [0.15, 0.2) is 0 Å². The standard InChI is InChI=1S/C15H19NO3/c16-12-13-4-1-2-5-15(13)19-9-3-8-18-14-6-10-17-11-7-14/h1-2,4-5,14H,3,6-11H2. The highest BCUT2D eigenvalue weighted by atomic mass is 16.5. The van der Waals surface area contributed by atoms with Crippen LogP contribution in [-0.2, 0) is 9.47 Å². The van der Waals surface area contributed by atoms with Crippen molar-refractivity contribution in [3.8, 4) is 11.8 Å². The lowest BCUT2D eigenvalue weighted by atomic mass is 10.1. The predicted octanol–water partition coefficient (Wildman–Crippen LogP) is 2.52. The smallest absolute Gasteiger partial charge is 0.137 e. The highest BCUT2D eigenvalue weighted by molar-refractivity contribution is 5.42. The average molecular weight is 261 g/mol. The summed E-state index contributed by atoms with van der Waals surface area (Å²) < 4.78 is 16.6. The van der Waals surface area contributed by atoms with E-state index < -0.39 is 0 Å². The van der Waals surface area contributed by atoms with E-state index in [1.165, 1.54) is 0 Å². The Morgan fingerprint density at radius 1 is 1.21 bits per heavy atom. The Balaban J connectivity index is 1.62. The maximum Gasteiger partial charge on any atom is 0.137 e. The van der Waals surface area contributed by atoms with Crippen LogP contribution in [0.5, 0.6) is 5.75 Å². The van der Waals surface area contributed by atoms with Crippen LogP contribution in [0.15, 0.2) is 24.3 Å². The molecule has 1 saturated heterocycles. The number of rotatable bonds is 6. The summed E-state index contributed by atoms with van der Waals surface area (Å²) >= 11 is 0. The number of hydrogen-bond donors (Lipinski definition) is 0. The molecular formula is C15H19NO3. The second-order valence-corrected chi connectivity index (χ2v) is 4.49. The van der Waals surface area contributed by atoms with Gasteiger partial charge in [0.25, 0.3) is 0 Å². The average Bonchev–Trinajstić information content (AvgIpc) is 2.48. The largest absolute Gasteiger partial charge is 0.492 e. The molecule has 1 heterocycles. The molecule has 102 valence electrons. The van der Waals surface area contributed by atoms with Crippen molar-refractivity contribution in [2.24, 2.45) is 0 Å². The first-order chi connectivity index (χ1) is 9.40. The molecule has 0 radical (unpaired) electrons. The van der Waals surface area contributed by atoms with E-state index in [-0.39, 0.29) is 0 Å². The van der Waals surface area contributed by atoms with E-state index in [4.69, 9.17) is 19.5 Å². The number of nitrogens with zero attached hydrogens (tertiary/aromatic N) is 1. The van der Waals surface area contributed by atoms with Crippen LogP contribution in [-0.4, -0.2) is 32.5 Å². The molecule has 1 aliphatic rings. The van der Waals surface area contributed by atoms with Gasteiger partial charge in [0.05, 0.1) is 24.9 Å². The Bertz CT molecular complexity index is 422. The van der Waals surface area contributed by atoms with E-state index in [0.29, 0.717) is 30.6 Å². The van der Waals surface area contributed by atoms with Gasteiger partial charge in [-0.2, -0.15) is 5.26 Å². The van der Waals surface area contributed by atoms with Gasteiger partial charge < -0.3 is 14.2 Å². The van der Waals surface area contributed by atoms with Crippen LogP contribution in [0.2, 0.25) is 0 Å². The van der Waals surface area contributed by atoms with E-state index in [9.17, 15) is 0 Å². The van der Waals surface area contributed by atoms with Gasteiger partial charge in [-0.15, -0.1) is 0 Å². The molecule has 0 saturated carbocycles. The maximum absolute atomic E-state index is 8.92. The van der Waals surface area contributed by atoms with Crippen LogP contribution in [0.25, 0.3) is 0 Å². The van der Waals surface area contributed by atoms with Crippen molar-refractivity contribution in [2.45, 2.75) is 25.4 Å². The lowest BCUT2D eigenvalue weighted by Crippen LogP contribution is -2.24. The Morgan fingerprint density at radius 3 is 2.79 bits per heavy atom. The van der Waals surface area contributed by atoms with Gasteiger partial charge in [0.1, 0.15) is 11.8 Å². The molecule has 1 fully saturated rings. The third-order valence-corrected chi connectivity index (χ3v) is 3.08. The van der Waals surface area contributed by atoms with Crippen LogP contribution in [0.3, 0.4) is 0 Å². The molecule has 0 N–H and O–H groups in total. The summed E-state index contributed by atoms with van der Waals surface area (Å²) in [6.07, 6.45) is 3.13. The first-order valence-electron chi connectivity index (χ1n) is 6.71. The van der Waals surface area contributed by atoms with Crippen molar-refractivity contribution in [1.82, 2.24) is 0 Å². The summed E-state index contributed by atoms with van der Waals surface area (Å²) in [5.41, 5.74) is 0.577. The molecular weight excluding hydrogens is 242 g/mol. The molecule has 0 bridgehead atoms. The van der Waals surface area contributed by atoms with Gasteiger partial charge in [-0.05, 0) is 25.0 Å². The molecule has 1 aromatic rings. The fraction of sp³-hybridized carbons (Fsp3) is 0.533. The molecule has 0 unspecified atom stereocenters. The summed E-state index contributed by atoms with van der Waals surface area (Å²) in [5.74, 6) is 0.649. The van der Waals surface area contributed by atoms with Gasteiger partial charge in [-0.1, -0.05) is 12.1 Å². The minimum Gasteiger partial charge on any atom is -0.492 e. The number of ether oxygens (including phenoxy) is 3. The van der Waals surface area contributed by atoms with Crippen molar-refractivity contribution in [2.75, 3.05) is 26.4 Å². The Morgan fingerprint density at radius 2 is 2.00 bits per heavy atom. The van der Waals surface area contributed by atoms with E-state index in [1.54, 1.807) is 6.07 Å². The normalized spacial score (nSPS) is 15.9. The quantitative estimate of drug-likeness (QED) is 0.738. The predicted molar refractivity (Wildman–Crippen MR) is 71.1 cm³/mol. The van der Waals surface area contributed by atoms with E-state index in [2.05, 4.69) is 6.07 Å². The Kier molecular flexibility index (Phi) is 5.67. The molecule has 2 rings (SSSR count). The van der Waals surface area contributed by atoms with Crippen molar-refractivity contribution >= 4 is 0 Å². The first-order valence-corrected chi connectivity index (χ1v) is 6.71. The van der Waals surface area contributed by atoms with Crippen LogP contribution >= 0.6 is 0 Å². The van der Waals surface area contributed by atoms with E-state index >= 15 is 0 Å². The van der Waals surface area contributed by atoms with Crippen molar-refractivity contribution in [1.29, 1.82) is 5.26 Å². The van der Waals surface area contributed by atoms with Gasteiger partial charge in [0, 0.05) is 19.6 Å². The molecule has 19 heavy (non-hydrogen) atoms. The van der Waals surface area contributed by atoms with E-state index in [1.807, 2.05) is 18.2 Å². The monoisotopic (exact) mass is 261 g/mol. The third-order valence-electron chi connectivity index (χ3n) is 3.08. The third kappa shape index (κ3) is 4.55. The molecule has 0 spiro atoms. The molecule has 0 amide bonds. The molecule has 0 aliphatic carbocycles. The number of nitriles is 1. The van der Waals surface area contributed by atoms with Gasteiger partial charge in [0.2, 0.25) is 0 Å². The number of hydrogen-bond acceptors (Lipinski definition) is 4. The summed E-state index contributed by atoms with van der Waals surface area (Å²) in [5, 5.41) is 8.92. The second kappa shape index (κ2) is 7.78. The molecule has 0 aromatic heterocycles. The zero-order valence-corrected chi connectivity index (χ0v) is 11.0. The van der Waals surface area contributed by atoms with Crippen molar-refractivity contribution in [3.63, 3.8) is 0 Å². The molecule has 1 aliphatic heterocycles. The van der Waals surface area contributed by atoms with Crippen LogP contribution < -0.4 is 4.74 Å². The summed E-state index contributed by atoms with van der Waals surface area (Å²) in [6.45, 7) is 2.87.